The Kier molecular flexibility index (Phi) is 4.75. The number of H-pyrrole nitrogens is 1. The lowest BCUT2D eigenvalue weighted by Crippen LogP contribution is -2.18. The van der Waals surface area contributed by atoms with E-state index in [1.807, 2.05) is 27.0 Å². The minimum Gasteiger partial charge on any atom is -0.462 e. The maximum Gasteiger partial charge on any atom is 0.343 e. The van der Waals surface area contributed by atoms with Crippen LogP contribution in [0.2, 0.25) is 0 Å². The second-order valence-electron chi connectivity index (χ2n) is 6.05. The number of aromatic nitrogens is 2. The van der Waals surface area contributed by atoms with Crippen molar-refractivity contribution in [2.75, 3.05) is 19.0 Å². The molecule has 0 atom stereocenters. The number of nitrogens with one attached hydrogen (secondary N) is 2. The molecule has 2 heterocycles. The monoisotopic (exact) mass is 351 g/mol. The normalized spacial score (nSPS) is 10.8. The Morgan fingerprint density at radius 3 is 2.73 bits per heavy atom. The van der Waals surface area contributed by atoms with Gasteiger partial charge in [-0.1, -0.05) is 6.07 Å². The fraction of sp³-hybridized carbons (Fsp3) is 0.250. The number of hydrogen-bond acceptors (Lipinski definition) is 5. The lowest BCUT2D eigenvalue weighted by molar-refractivity contribution is 0.0524. The molecule has 134 valence electrons. The van der Waals surface area contributed by atoms with E-state index in [1.165, 1.54) is 6.20 Å². The van der Waals surface area contributed by atoms with Crippen LogP contribution in [0.25, 0.3) is 22.0 Å². The Hall–Kier alpha value is -3.15. The average Bonchev–Trinajstić information content (AvgIpc) is 2.63. The molecule has 0 bridgehead atoms. The highest BCUT2D eigenvalue weighted by Crippen LogP contribution is 2.29. The molecule has 3 rings (SSSR count). The molecule has 0 saturated carbocycles. The van der Waals surface area contributed by atoms with Crippen molar-refractivity contribution in [2.45, 2.75) is 20.8 Å². The zero-order valence-corrected chi connectivity index (χ0v) is 15.3. The minimum absolute atomic E-state index is 0.0161. The van der Waals surface area contributed by atoms with Crippen molar-refractivity contribution in [3.63, 3.8) is 0 Å². The molecule has 6 heteroatoms. The van der Waals surface area contributed by atoms with Crippen LogP contribution in [0.3, 0.4) is 0 Å². The summed E-state index contributed by atoms with van der Waals surface area (Å²) in [6.07, 6.45) is 3.23. The number of esters is 1. The van der Waals surface area contributed by atoms with Gasteiger partial charge >= 0.3 is 5.97 Å². The second-order valence-corrected chi connectivity index (χ2v) is 6.05. The summed E-state index contributed by atoms with van der Waals surface area (Å²) < 4.78 is 4.94. The third-order valence-corrected chi connectivity index (χ3v) is 4.44. The van der Waals surface area contributed by atoms with E-state index in [0.29, 0.717) is 10.9 Å². The number of aromatic amines is 1. The number of ether oxygens (including phenoxy) is 1. The van der Waals surface area contributed by atoms with Crippen LogP contribution in [0.1, 0.15) is 28.4 Å². The molecule has 0 aliphatic heterocycles. The van der Waals surface area contributed by atoms with Crippen molar-refractivity contribution in [3.8, 4) is 11.1 Å². The molecule has 0 aliphatic rings. The molecule has 0 amide bonds. The molecule has 3 aromatic rings. The molecule has 26 heavy (non-hydrogen) atoms. The van der Waals surface area contributed by atoms with E-state index in [4.69, 9.17) is 4.74 Å². The van der Waals surface area contributed by atoms with Gasteiger partial charge in [0.2, 0.25) is 5.43 Å². The van der Waals surface area contributed by atoms with Crippen molar-refractivity contribution in [1.82, 2.24) is 9.97 Å². The van der Waals surface area contributed by atoms with Gasteiger partial charge in [-0.3, -0.25) is 4.79 Å². The first-order valence-corrected chi connectivity index (χ1v) is 8.44. The standard InChI is InChI=1S/C20H21N3O3/c1-5-26-20(25)16-10-22-17-12(3)14(6-7-15(17)18(16)24)13-8-11(2)19(21-4)23-9-13/h6-10H,5H2,1-4H3,(H,21,23)(H,22,24). The molecule has 0 radical (unpaired) electrons. The van der Waals surface area contributed by atoms with Crippen LogP contribution < -0.4 is 10.7 Å². The van der Waals surface area contributed by atoms with Crippen LogP contribution in [0.4, 0.5) is 5.82 Å². The van der Waals surface area contributed by atoms with Gasteiger partial charge in [-0.25, -0.2) is 9.78 Å². The molecule has 0 aliphatic carbocycles. The van der Waals surface area contributed by atoms with Crippen LogP contribution in [-0.2, 0) is 4.74 Å². The summed E-state index contributed by atoms with van der Waals surface area (Å²) in [6, 6.07) is 5.68. The maximum atomic E-state index is 12.6. The summed E-state index contributed by atoms with van der Waals surface area (Å²) in [6.45, 7) is 5.87. The smallest absolute Gasteiger partial charge is 0.343 e. The minimum atomic E-state index is -0.611. The van der Waals surface area contributed by atoms with Gasteiger partial charge in [0.15, 0.2) is 0 Å². The Morgan fingerprint density at radius 2 is 2.08 bits per heavy atom. The van der Waals surface area contributed by atoms with Crippen molar-refractivity contribution in [1.29, 1.82) is 0 Å². The number of aryl methyl sites for hydroxylation is 2. The summed E-state index contributed by atoms with van der Waals surface area (Å²) in [5, 5.41) is 3.52. The first-order valence-electron chi connectivity index (χ1n) is 8.44. The average molecular weight is 351 g/mol. The number of benzene rings is 1. The number of hydrogen-bond donors (Lipinski definition) is 2. The molecule has 6 nitrogen and oxygen atoms in total. The summed E-state index contributed by atoms with van der Waals surface area (Å²) in [5.41, 5.74) is 4.31. The topological polar surface area (TPSA) is 84.1 Å². The lowest BCUT2D eigenvalue weighted by atomic mass is 9.97. The van der Waals surface area contributed by atoms with Crippen LogP contribution in [-0.4, -0.2) is 29.6 Å². The molecule has 0 fully saturated rings. The van der Waals surface area contributed by atoms with Crippen molar-refractivity contribution in [2.24, 2.45) is 0 Å². The summed E-state index contributed by atoms with van der Waals surface area (Å²) in [7, 11) is 1.84. The van der Waals surface area contributed by atoms with Crippen LogP contribution >= 0.6 is 0 Å². The molecule has 1 aromatic carbocycles. The number of fused-ring (bicyclic) bond motifs is 1. The van der Waals surface area contributed by atoms with Gasteiger partial charge in [0.1, 0.15) is 11.4 Å². The zero-order valence-electron chi connectivity index (χ0n) is 15.3. The maximum absolute atomic E-state index is 12.6. The highest BCUT2D eigenvalue weighted by atomic mass is 16.5. The number of carbonyl (C=O) groups excluding carboxylic acids is 1. The van der Waals surface area contributed by atoms with Crippen LogP contribution in [0.5, 0.6) is 0 Å². The molecular formula is C20H21N3O3. The summed E-state index contributed by atoms with van der Waals surface area (Å²) >= 11 is 0. The van der Waals surface area contributed by atoms with E-state index in [0.717, 1.165) is 28.1 Å². The Morgan fingerprint density at radius 1 is 1.31 bits per heavy atom. The molecule has 0 spiro atoms. The van der Waals surface area contributed by atoms with Crippen LogP contribution in [0.15, 0.2) is 35.4 Å². The SMILES string of the molecule is CCOC(=O)c1c[nH]c2c(C)c(-c3cnc(NC)c(C)c3)ccc2c1=O. The van der Waals surface area contributed by atoms with Gasteiger partial charge in [-0.05, 0) is 49.6 Å². The third kappa shape index (κ3) is 2.94. The molecule has 2 N–H and O–H groups in total. The van der Waals surface area contributed by atoms with Gasteiger partial charge in [-0.2, -0.15) is 0 Å². The largest absolute Gasteiger partial charge is 0.462 e. The van der Waals surface area contributed by atoms with Gasteiger partial charge in [-0.15, -0.1) is 0 Å². The highest BCUT2D eigenvalue weighted by Gasteiger charge is 2.16. The molecule has 0 unspecified atom stereocenters. The van der Waals surface area contributed by atoms with E-state index < -0.39 is 5.97 Å². The van der Waals surface area contributed by atoms with E-state index >= 15 is 0 Å². The summed E-state index contributed by atoms with van der Waals surface area (Å²) in [5.74, 6) is 0.222. The fourth-order valence-electron chi connectivity index (χ4n) is 3.10. The Labute approximate surface area is 151 Å². The predicted molar refractivity (Wildman–Crippen MR) is 103 cm³/mol. The highest BCUT2D eigenvalue weighted by molar-refractivity contribution is 5.95. The van der Waals surface area contributed by atoms with E-state index in [-0.39, 0.29) is 17.6 Å². The quantitative estimate of drug-likeness (QED) is 0.704. The Balaban J connectivity index is 2.15. The lowest BCUT2D eigenvalue weighted by Gasteiger charge is -2.12. The zero-order chi connectivity index (χ0) is 18.8. The van der Waals surface area contributed by atoms with E-state index in [1.54, 1.807) is 19.2 Å². The van der Waals surface area contributed by atoms with E-state index in [9.17, 15) is 9.59 Å². The van der Waals surface area contributed by atoms with Gasteiger partial charge in [0.25, 0.3) is 0 Å². The molecular weight excluding hydrogens is 330 g/mol. The van der Waals surface area contributed by atoms with Gasteiger partial charge in [0.05, 0.1) is 12.1 Å². The molecule has 2 aromatic heterocycles. The van der Waals surface area contributed by atoms with Crippen molar-refractivity contribution >= 4 is 22.7 Å². The van der Waals surface area contributed by atoms with Crippen LogP contribution in [0, 0.1) is 13.8 Å². The van der Waals surface area contributed by atoms with Gasteiger partial charge < -0.3 is 15.0 Å². The number of carbonyl (C=O) groups is 1. The van der Waals surface area contributed by atoms with Crippen molar-refractivity contribution < 1.29 is 9.53 Å². The first kappa shape index (κ1) is 17.7. The predicted octanol–water partition coefficient (Wildman–Crippen LogP) is 3.43. The number of nitrogens with zero attached hydrogens (tertiary/aromatic N) is 1. The third-order valence-electron chi connectivity index (χ3n) is 4.44. The Bertz CT molecular complexity index is 1050. The van der Waals surface area contributed by atoms with Crippen molar-refractivity contribution in [3.05, 3.63) is 57.5 Å². The second kappa shape index (κ2) is 7.00. The van der Waals surface area contributed by atoms with E-state index in [2.05, 4.69) is 21.4 Å². The first-order chi connectivity index (χ1) is 12.5. The number of rotatable bonds is 4. The number of anilines is 1. The van der Waals surface area contributed by atoms with Gasteiger partial charge in [0, 0.05) is 30.4 Å². The number of pyridine rings is 2. The molecule has 0 saturated heterocycles. The fourth-order valence-corrected chi connectivity index (χ4v) is 3.10. The summed E-state index contributed by atoms with van der Waals surface area (Å²) in [4.78, 5) is 32.1.